The van der Waals surface area contributed by atoms with E-state index in [9.17, 15) is 0 Å². The van der Waals surface area contributed by atoms with Crippen LogP contribution in [0.25, 0.3) is 0 Å². The minimum Gasteiger partial charge on any atom is -0.493 e. The Kier molecular flexibility index (Phi) is 6.34. The molecule has 1 aromatic carbocycles. The molecule has 2 aliphatic rings. The number of nitrogens with zero attached hydrogens (tertiary/aromatic N) is 1. The van der Waals surface area contributed by atoms with Gasteiger partial charge in [0.2, 0.25) is 0 Å². The molecule has 0 amide bonds. The molecule has 1 aliphatic carbocycles. The molecule has 3 rings (SSSR count). The number of morpholine rings is 1. The Bertz CT molecular complexity index is 577. The number of ether oxygens (including phenoxy) is 4. The van der Waals surface area contributed by atoms with Gasteiger partial charge in [-0.2, -0.15) is 0 Å². The maximum Gasteiger partial charge on any atom is 0.160 e. The van der Waals surface area contributed by atoms with E-state index in [1.807, 2.05) is 12.1 Å². The zero-order chi connectivity index (χ0) is 17.6. The van der Waals surface area contributed by atoms with Crippen LogP contribution in [0.1, 0.15) is 18.4 Å². The van der Waals surface area contributed by atoms with Crippen LogP contribution in [0.2, 0.25) is 0 Å². The van der Waals surface area contributed by atoms with Crippen LogP contribution in [0, 0.1) is 0 Å². The van der Waals surface area contributed by atoms with Crippen molar-refractivity contribution in [3.8, 4) is 11.5 Å². The van der Waals surface area contributed by atoms with Crippen molar-refractivity contribution in [1.82, 2.24) is 4.90 Å². The van der Waals surface area contributed by atoms with Gasteiger partial charge in [-0.25, -0.2) is 0 Å². The van der Waals surface area contributed by atoms with E-state index in [2.05, 4.69) is 23.6 Å². The van der Waals surface area contributed by atoms with E-state index in [1.165, 1.54) is 5.56 Å². The topological polar surface area (TPSA) is 40.2 Å². The summed E-state index contributed by atoms with van der Waals surface area (Å²) in [6, 6.07) is 6.62. The predicted molar refractivity (Wildman–Crippen MR) is 97.5 cm³/mol. The van der Waals surface area contributed by atoms with Gasteiger partial charge in [-0.3, -0.25) is 4.90 Å². The van der Waals surface area contributed by atoms with Crippen LogP contribution in [0.4, 0.5) is 0 Å². The first kappa shape index (κ1) is 18.2. The van der Waals surface area contributed by atoms with Crippen LogP contribution in [0.3, 0.4) is 0 Å². The molecule has 5 heteroatoms. The summed E-state index contributed by atoms with van der Waals surface area (Å²) in [5.41, 5.74) is 1.26. The van der Waals surface area contributed by atoms with Gasteiger partial charge < -0.3 is 18.9 Å². The smallest absolute Gasteiger partial charge is 0.160 e. The van der Waals surface area contributed by atoms with Gasteiger partial charge in [0.05, 0.1) is 39.6 Å². The summed E-state index contributed by atoms with van der Waals surface area (Å²) in [4.78, 5) is 2.56. The summed E-state index contributed by atoms with van der Waals surface area (Å²) in [6.45, 7) is 7.12. The molecule has 1 aliphatic heterocycles. The Morgan fingerprint density at radius 1 is 1.24 bits per heavy atom. The lowest BCUT2D eigenvalue weighted by atomic mass is 10.1. The minimum atomic E-state index is 0.194. The van der Waals surface area contributed by atoms with Crippen molar-refractivity contribution in [3.63, 3.8) is 0 Å². The number of hydrogen-bond acceptors (Lipinski definition) is 5. The van der Waals surface area contributed by atoms with Gasteiger partial charge in [0.25, 0.3) is 0 Å². The number of rotatable bonds is 8. The van der Waals surface area contributed by atoms with Gasteiger partial charge in [0.15, 0.2) is 11.5 Å². The third kappa shape index (κ3) is 4.17. The maximum atomic E-state index is 6.02. The lowest BCUT2D eigenvalue weighted by Crippen LogP contribution is -2.52. The van der Waals surface area contributed by atoms with Crippen molar-refractivity contribution in [2.75, 3.05) is 40.5 Å². The molecule has 0 aromatic heterocycles. The first-order valence-electron chi connectivity index (χ1n) is 9.06. The molecule has 1 saturated heterocycles. The molecule has 5 nitrogen and oxygen atoms in total. The first-order valence-corrected chi connectivity index (χ1v) is 9.06. The SMILES string of the molecule is C=CCO[C@@H]1CC[C@@H]2[C@@H]1OCCN2CCc1ccc(OC)c(OC)c1. The van der Waals surface area contributed by atoms with Gasteiger partial charge in [-0.05, 0) is 37.0 Å². The van der Waals surface area contributed by atoms with Crippen LogP contribution in [-0.4, -0.2) is 63.7 Å². The molecule has 0 bridgehead atoms. The zero-order valence-electron chi connectivity index (χ0n) is 15.3. The van der Waals surface area contributed by atoms with Crippen molar-refractivity contribution in [3.05, 3.63) is 36.4 Å². The molecule has 2 fully saturated rings. The molecule has 138 valence electrons. The van der Waals surface area contributed by atoms with Gasteiger partial charge in [-0.1, -0.05) is 12.1 Å². The van der Waals surface area contributed by atoms with Crippen LogP contribution in [-0.2, 0) is 15.9 Å². The lowest BCUT2D eigenvalue weighted by Gasteiger charge is -2.39. The summed E-state index contributed by atoms with van der Waals surface area (Å²) in [6.07, 6.45) is 5.40. The number of methoxy groups -OCH3 is 2. The van der Waals surface area contributed by atoms with Crippen molar-refractivity contribution in [1.29, 1.82) is 0 Å². The van der Waals surface area contributed by atoms with Gasteiger partial charge in [-0.15, -0.1) is 6.58 Å². The zero-order valence-corrected chi connectivity index (χ0v) is 15.3. The number of benzene rings is 1. The maximum absolute atomic E-state index is 6.02. The Hall–Kier alpha value is -1.56. The molecule has 25 heavy (non-hydrogen) atoms. The molecule has 0 N–H and O–H groups in total. The van der Waals surface area contributed by atoms with Crippen LogP contribution in [0.5, 0.6) is 11.5 Å². The molecule has 1 heterocycles. The first-order chi connectivity index (χ1) is 12.3. The second-order valence-electron chi connectivity index (χ2n) is 6.62. The van der Waals surface area contributed by atoms with Crippen molar-refractivity contribution >= 4 is 0 Å². The molecule has 1 aromatic rings. The second-order valence-corrected chi connectivity index (χ2v) is 6.62. The van der Waals surface area contributed by atoms with Gasteiger partial charge >= 0.3 is 0 Å². The standard InChI is InChI=1S/C20H29NO4/c1-4-12-24-18-8-6-16-20(18)25-13-11-21(16)10-9-15-5-7-17(22-2)19(14-15)23-3/h4-5,7,14,16,18,20H,1,6,8-13H2,2-3H3/t16-,18-,20+/m1/s1. The number of fused-ring (bicyclic) bond motifs is 1. The van der Waals surface area contributed by atoms with E-state index in [4.69, 9.17) is 18.9 Å². The Morgan fingerprint density at radius 3 is 2.84 bits per heavy atom. The molecule has 0 radical (unpaired) electrons. The minimum absolute atomic E-state index is 0.194. The average Bonchev–Trinajstić information content (AvgIpc) is 3.08. The average molecular weight is 347 g/mol. The monoisotopic (exact) mass is 347 g/mol. The summed E-state index contributed by atoms with van der Waals surface area (Å²) in [7, 11) is 3.34. The van der Waals surface area contributed by atoms with E-state index >= 15 is 0 Å². The Morgan fingerprint density at radius 2 is 2.08 bits per heavy atom. The fraction of sp³-hybridized carbons (Fsp3) is 0.600. The summed E-state index contributed by atoms with van der Waals surface area (Å²) >= 11 is 0. The fourth-order valence-electron chi connectivity index (χ4n) is 3.95. The third-order valence-corrected chi connectivity index (χ3v) is 5.21. The van der Waals surface area contributed by atoms with Gasteiger partial charge in [0, 0.05) is 19.1 Å². The fourth-order valence-corrected chi connectivity index (χ4v) is 3.95. The quantitative estimate of drug-likeness (QED) is 0.676. The van der Waals surface area contributed by atoms with E-state index in [0.29, 0.717) is 12.6 Å². The molecule has 3 atom stereocenters. The highest BCUT2D eigenvalue weighted by Crippen LogP contribution is 2.33. The number of hydrogen-bond donors (Lipinski definition) is 0. The van der Waals surface area contributed by atoms with Crippen molar-refractivity contribution in [2.24, 2.45) is 0 Å². The van der Waals surface area contributed by atoms with E-state index in [0.717, 1.165) is 50.5 Å². The highest BCUT2D eigenvalue weighted by Gasteiger charge is 2.42. The normalized spacial score (nSPS) is 26.2. The molecular weight excluding hydrogens is 318 g/mol. The van der Waals surface area contributed by atoms with Crippen LogP contribution in [0.15, 0.2) is 30.9 Å². The van der Waals surface area contributed by atoms with E-state index in [1.54, 1.807) is 14.2 Å². The second kappa shape index (κ2) is 8.70. The summed E-state index contributed by atoms with van der Waals surface area (Å²) in [5, 5.41) is 0. The van der Waals surface area contributed by atoms with Gasteiger partial charge in [0.1, 0.15) is 0 Å². The molecule has 0 unspecified atom stereocenters. The highest BCUT2D eigenvalue weighted by atomic mass is 16.5. The van der Waals surface area contributed by atoms with E-state index in [-0.39, 0.29) is 12.2 Å². The van der Waals surface area contributed by atoms with Crippen molar-refractivity contribution in [2.45, 2.75) is 37.5 Å². The largest absolute Gasteiger partial charge is 0.493 e. The van der Waals surface area contributed by atoms with Crippen LogP contribution < -0.4 is 9.47 Å². The molecular formula is C20H29NO4. The van der Waals surface area contributed by atoms with Crippen molar-refractivity contribution < 1.29 is 18.9 Å². The Labute approximate surface area is 150 Å². The Balaban J connectivity index is 1.59. The molecule has 1 saturated carbocycles. The third-order valence-electron chi connectivity index (χ3n) is 5.21. The summed E-state index contributed by atoms with van der Waals surface area (Å²) in [5.74, 6) is 1.56. The molecule has 0 spiro atoms. The predicted octanol–water partition coefficient (Wildman–Crippen LogP) is 2.68. The van der Waals surface area contributed by atoms with Crippen LogP contribution >= 0.6 is 0 Å². The highest BCUT2D eigenvalue weighted by molar-refractivity contribution is 5.42. The van der Waals surface area contributed by atoms with E-state index < -0.39 is 0 Å². The summed E-state index contributed by atoms with van der Waals surface area (Å²) < 4.78 is 22.6. The lowest BCUT2D eigenvalue weighted by molar-refractivity contribution is -0.109.